The maximum atomic E-state index is 5.75. The third-order valence-electron chi connectivity index (χ3n) is 1.24. The Morgan fingerprint density at radius 2 is 2.25 bits per heavy atom. The molecule has 0 aliphatic carbocycles. The van der Waals surface area contributed by atoms with Crippen molar-refractivity contribution in [2.75, 3.05) is 13.1 Å². The van der Waals surface area contributed by atoms with E-state index < -0.39 is 0 Å². The van der Waals surface area contributed by atoms with Crippen molar-refractivity contribution in [3.63, 3.8) is 0 Å². The first-order chi connectivity index (χ1) is 3.39. The van der Waals surface area contributed by atoms with Gasteiger partial charge in [0.15, 0.2) is 0 Å². The average Bonchev–Trinajstić information content (AvgIpc) is 1.69. The predicted octanol–water partition coefficient (Wildman–Crippen LogP) is 1.40. The van der Waals surface area contributed by atoms with Crippen LogP contribution in [0, 0.1) is 0 Å². The maximum Gasteiger partial charge on any atom is 0.0461 e. The lowest BCUT2D eigenvalue weighted by Gasteiger charge is -2.15. The maximum absolute atomic E-state index is 5.75. The summed E-state index contributed by atoms with van der Waals surface area (Å²) >= 11 is 5.75. The molecule has 1 aliphatic heterocycles. The Balaban J connectivity index is 0.000000490. The zero-order valence-corrected chi connectivity index (χ0v) is 6.26. The Kier molecular flexibility index (Phi) is 4.72. The smallest absolute Gasteiger partial charge is 0.0461 e. The minimum atomic E-state index is 0. The summed E-state index contributed by atoms with van der Waals surface area (Å²) in [4.78, 5) is 0. The summed E-state index contributed by atoms with van der Waals surface area (Å²) < 4.78 is 0. The second-order valence-corrected chi connectivity index (χ2v) is 2.56. The largest absolute Gasteiger partial charge is 0.315 e. The molecule has 3 heteroatoms. The number of piperidine rings is 1. The van der Waals surface area contributed by atoms with Crippen molar-refractivity contribution in [3.8, 4) is 0 Å². The van der Waals surface area contributed by atoms with Gasteiger partial charge in [-0.25, -0.2) is 0 Å². The molecule has 1 heterocycles. The minimum Gasteiger partial charge on any atom is -0.315 e. The predicted molar refractivity (Wildman–Crippen MR) is 39.0 cm³/mol. The summed E-state index contributed by atoms with van der Waals surface area (Å²) in [6.45, 7) is 2.16. The normalized spacial score (nSPS) is 28.9. The molecule has 0 unspecified atom stereocenters. The van der Waals surface area contributed by atoms with Crippen LogP contribution in [-0.2, 0) is 0 Å². The fraction of sp³-hybridized carbons (Fsp3) is 1.00. The van der Waals surface area contributed by atoms with Crippen LogP contribution in [0.25, 0.3) is 0 Å². The molecule has 0 radical (unpaired) electrons. The lowest BCUT2D eigenvalue weighted by molar-refractivity contribution is 0.526. The van der Waals surface area contributed by atoms with Crippen LogP contribution in [0.15, 0.2) is 0 Å². The Labute approximate surface area is 61.2 Å². The van der Waals surface area contributed by atoms with E-state index in [4.69, 9.17) is 11.6 Å². The molecule has 0 saturated carbocycles. The molecule has 0 aromatic carbocycles. The van der Waals surface area contributed by atoms with Gasteiger partial charge >= 0.3 is 0 Å². The van der Waals surface area contributed by atoms with Crippen LogP contribution in [0.2, 0.25) is 0 Å². The SMILES string of the molecule is Cl.Cl[C@H]1CCCNC1. The number of alkyl halides is 1. The van der Waals surface area contributed by atoms with Crippen molar-refractivity contribution in [2.45, 2.75) is 18.2 Å². The number of nitrogens with one attached hydrogen (secondary N) is 1. The highest BCUT2D eigenvalue weighted by Crippen LogP contribution is 2.06. The number of hydrogen-bond donors (Lipinski definition) is 1. The van der Waals surface area contributed by atoms with Crippen LogP contribution in [0.3, 0.4) is 0 Å². The monoisotopic (exact) mass is 155 g/mol. The molecule has 1 aliphatic rings. The molecule has 8 heavy (non-hydrogen) atoms. The molecule has 1 fully saturated rings. The molecule has 0 aromatic rings. The Morgan fingerprint density at radius 3 is 2.50 bits per heavy atom. The summed E-state index contributed by atoms with van der Waals surface area (Å²) in [5, 5.41) is 3.60. The van der Waals surface area contributed by atoms with Gasteiger partial charge in [0.1, 0.15) is 0 Å². The van der Waals surface area contributed by atoms with Gasteiger partial charge in [-0.3, -0.25) is 0 Å². The highest BCUT2D eigenvalue weighted by molar-refractivity contribution is 6.20. The van der Waals surface area contributed by atoms with Crippen molar-refractivity contribution < 1.29 is 0 Å². The molecule has 0 spiro atoms. The number of rotatable bonds is 0. The lowest BCUT2D eigenvalue weighted by atomic mass is 10.2. The Morgan fingerprint density at radius 1 is 1.50 bits per heavy atom. The van der Waals surface area contributed by atoms with Gasteiger partial charge in [-0.2, -0.15) is 0 Å². The topological polar surface area (TPSA) is 12.0 Å². The van der Waals surface area contributed by atoms with Crippen LogP contribution >= 0.6 is 24.0 Å². The molecule has 1 N–H and O–H groups in total. The second kappa shape index (κ2) is 4.42. The quantitative estimate of drug-likeness (QED) is 0.522. The van der Waals surface area contributed by atoms with E-state index in [0.29, 0.717) is 5.38 Å². The van der Waals surface area contributed by atoms with E-state index >= 15 is 0 Å². The molecular weight excluding hydrogens is 145 g/mol. The van der Waals surface area contributed by atoms with Crippen molar-refractivity contribution in [1.29, 1.82) is 0 Å². The van der Waals surface area contributed by atoms with Gasteiger partial charge in [-0.05, 0) is 19.4 Å². The van der Waals surface area contributed by atoms with Crippen molar-refractivity contribution >= 4 is 24.0 Å². The van der Waals surface area contributed by atoms with Gasteiger partial charge in [0, 0.05) is 11.9 Å². The van der Waals surface area contributed by atoms with E-state index in [0.717, 1.165) is 13.1 Å². The standard InChI is InChI=1S/C5H10ClN.ClH/c6-5-2-1-3-7-4-5;/h5,7H,1-4H2;1H/t5-;/m0./s1. The van der Waals surface area contributed by atoms with E-state index in [-0.39, 0.29) is 12.4 Å². The summed E-state index contributed by atoms with van der Waals surface area (Å²) in [6, 6.07) is 0. The molecular formula is C5H11Cl2N. The van der Waals surface area contributed by atoms with E-state index in [2.05, 4.69) is 5.32 Å². The summed E-state index contributed by atoms with van der Waals surface area (Å²) in [7, 11) is 0. The Bertz CT molecular complexity index is 52.4. The first-order valence-corrected chi connectivity index (χ1v) is 3.18. The zero-order chi connectivity index (χ0) is 5.11. The van der Waals surface area contributed by atoms with Crippen LogP contribution < -0.4 is 5.32 Å². The van der Waals surface area contributed by atoms with Gasteiger partial charge < -0.3 is 5.32 Å². The molecule has 0 aromatic heterocycles. The van der Waals surface area contributed by atoms with Gasteiger partial charge in [-0.15, -0.1) is 24.0 Å². The highest BCUT2D eigenvalue weighted by atomic mass is 35.5. The van der Waals surface area contributed by atoms with Gasteiger partial charge in [-0.1, -0.05) is 0 Å². The number of hydrogen-bond acceptors (Lipinski definition) is 1. The first kappa shape index (κ1) is 8.54. The fourth-order valence-corrected chi connectivity index (χ4v) is 1.07. The zero-order valence-electron chi connectivity index (χ0n) is 4.69. The molecule has 1 nitrogen and oxygen atoms in total. The Hall–Kier alpha value is 0.540. The van der Waals surface area contributed by atoms with Crippen LogP contribution in [-0.4, -0.2) is 18.5 Å². The average molecular weight is 156 g/mol. The summed E-state index contributed by atoms with van der Waals surface area (Å²) in [6.07, 6.45) is 2.43. The number of halogens is 2. The molecule has 50 valence electrons. The van der Waals surface area contributed by atoms with Crippen molar-refractivity contribution in [2.24, 2.45) is 0 Å². The van der Waals surface area contributed by atoms with Crippen LogP contribution in [0.1, 0.15) is 12.8 Å². The van der Waals surface area contributed by atoms with Gasteiger partial charge in [0.05, 0.1) is 0 Å². The highest BCUT2D eigenvalue weighted by Gasteiger charge is 2.07. The lowest BCUT2D eigenvalue weighted by Crippen LogP contribution is -2.29. The van der Waals surface area contributed by atoms with Crippen molar-refractivity contribution in [1.82, 2.24) is 5.32 Å². The second-order valence-electron chi connectivity index (χ2n) is 1.94. The molecule has 1 rings (SSSR count). The van der Waals surface area contributed by atoms with E-state index in [1.165, 1.54) is 12.8 Å². The molecule has 1 saturated heterocycles. The third kappa shape index (κ3) is 2.75. The van der Waals surface area contributed by atoms with E-state index in [1.54, 1.807) is 0 Å². The van der Waals surface area contributed by atoms with Crippen LogP contribution in [0.4, 0.5) is 0 Å². The molecule has 1 atom stereocenters. The van der Waals surface area contributed by atoms with Gasteiger partial charge in [0.2, 0.25) is 0 Å². The fourth-order valence-electron chi connectivity index (χ4n) is 0.809. The molecule has 0 amide bonds. The third-order valence-corrected chi connectivity index (χ3v) is 1.61. The van der Waals surface area contributed by atoms with Crippen molar-refractivity contribution in [3.05, 3.63) is 0 Å². The van der Waals surface area contributed by atoms with Crippen LogP contribution in [0.5, 0.6) is 0 Å². The first-order valence-electron chi connectivity index (χ1n) is 2.74. The van der Waals surface area contributed by atoms with E-state index in [9.17, 15) is 0 Å². The van der Waals surface area contributed by atoms with E-state index in [1.807, 2.05) is 0 Å². The molecule has 0 bridgehead atoms. The summed E-state index contributed by atoms with van der Waals surface area (Å²) in [5.41, 5.74) is 0. The minimum absolute atomic E-state index is 0. The van der Waals surface area contributed by atoms with Gasteiger partial charge in [0.25, 0.3) is 0 Å². The summed E-state index contributed by atoms with van der Waals surface area (Å²) in [5.74, 6) is 0.